The summed E-state index contributed by atoms with van der Waals surface area (Å²) in [4.78, 5) is 0. The van der Waals surface area contributed by atoms with Gasteiger partial charge in [0.25, 0.3) is 0 Å². The second-order valence-corrected chi connectivity index (χ2v) is 3.93. The number of hydrogen-bond acceptors (Lipinski definition) is 4. The molecule has 0 aliphatic rings. The quantitative estimate of drug-likeness (QED) is 0.700. The summed E-state index contributed by atoms with van der Waals surface area (Å²) in [6.07, 6.45) is 2.82. The maximum absolute atomic E-state index is 5.88. The van der Waals surface area contributed by atoms with Gasteiger partial charge in [0.15, 0.2) is 0 Å². The van der Waals surface area contributed by atoms with Crippen molar-refractivity contribution in [3.63, 3.8) is 0 Å². The highest BCUT2D eigenvalue weighted by Crippen LogP contribution is 2.12. The van der Waals surface area contributed by atoms with Crippen LogP contribution in [0.2, 0.25) is 0 Å². The number of nitrogens with zero attached hydrogens (tertiary/aromatic N) is 3. The Morgan fingerprint density at radius 3 is 2.79 bits per heavy atom. The summed E-state index contributed by atoms with van der Waals surface area (Å²) in [5.41, 5.74) is 6.28. The molecular formula is C9H18N4O. The van der Waals surface area contributed by atoms with Crippen LogP contribution in [-0.2, 0) is 16.8 Å². The average Bonchev–Trinajstić information content (AvgIpc) is 2.52. The summed E-state index contributed by atoms with van der Waals surface area (Å²) in [5, 5.41) is 8.00. The van der Waals surface area contributed by atoms with Crippen LogP contribution in [0.15, 0.2) is 6.20 Å². The number of hydrogen-bond donors (Lipinski definition) is 1. The van der Waals surface area contributed by atoms with Gasteiger partial charge in [0.1, 0.15) is 5.69 Å². The number of ether oxygens (including phenoxy) is 1. The van der Waals surface area contributed by atoms with Gasteiger partial charge in [-0.2, -0.15) is 0 Å². The third kappa shape index (κ3) is 3.08. The molecule has 1 heterocycles. The summed E-state index contributed by atoms with van der Waals surface area (Å²) < 4.78 is 6.75. The molecule has 14 heavy (non-hydrogen) atoms. The lowest BCUT2D eigenvalue weighted by atomic mass is 10.0. The molecule has 0 aromatic carbocycles. The van der Waals surface area contributed by atoms with E-state index in [1.54, 1.807) is 11.8 Å². The van der Waals surface area contributed by atoms with Crippen molar-refractivity contribution in [2.75, 3.05) is 13.7 Å². The Morgan fingerprint density at radius 2 is 2.29 bits per heavy atom. The lowest BCUT2D eigenvalue weighted by Gasteiger charge is -2.13. The predicted molar refractivity (Wildman–Crippen MR) is 53.7 cm³/mol. The minimum absolute atomic E-state index is 0.417. The van der Waals surface area contributed by atoms with E-state index in [9.17, 15) is 0 Å². The van der Waals surface area contributed by atoms with Crippen LogP contribution in [0.1, 0.15) is 26.0 Å². The van der Waals surface area contributed by atoms with Gasteiger partial charge in [0.2, 0.25) is 0 Å². The van der Waals surface area contributed by atoms with E-state index in [0.29, 0.717) is 0 Å². The van der Waals surface area contributed by atoms with Crippen LogP contribution in [-0.4, -0.2) is 28.7 Å². The second-order valence-electron chi connectivity index (χ2n) is 3.93. The molecule has 1 aromatic rings. The minimum Gasteiger partial charge on any atom is -0.385 e. The summed E-state index contributed by atoms with van der Waals surface area (Å²) in [5.74, 6) is 0. The van der Waals surface area contributed by atoms with E-state index in [-0.39, 0.29) is 0 Å². The fraction of sp³-hybridized carbons (Fsp3) is 0.778. The van der Waals surface area contributed by atoms with Gasteiger partial charge < -0.3 is 10.5 Å². The molecule has 1 aromatic heterocycles. The summed E-state index contributed by atoms with van der Waals surface area (Å²) in [6.45, 7) is 5.38. The summed E-state index contributed by atoms with van der Waals surface area (Å²) in [7, 11) is 1.69. The third-order valence-corrected chi connectivity index (χ3v) is 1.93. The first kappa shape index (κ1) is 11.1. The second kappa shape index (κ2) is 4.52. The zero-order valence-electron chi connectivity index (χ0n) is 9.03. The fourth-order valence-electron chi connectivity index (χ4n) is 1.07. The standard InChI is InChI=1S/C9H18N4O/c1-9(2,10)8-7-13(12-11-8)5-4-6-14-3/h7H,4-6,10H2,1-3H3. The molecule has 5 nitrogen and oxygen atoms in total. The van der Waals surface area contributed by atoms with Gasteiger partial charge in [-0.05, 0) is 20.3 Å². The molecule has 0 saturated carbocycles. The lowest BCUT2D eigenvalue weighted by molar-refractivity contribution is 0.188. The first-order chi connectivity index (χ1) is 6.54. The molecule has 80 valence electrons. The van der Waals surface area contributed by atoms with E-state index in [1.165, 1.54) is 0 Å². The Balaban J connectivity index is 2.51. The van der Waals surface area contributed by atoms with Crippen molar-refractivity contribution < 1.29 is 4.74 Å². The zero-order valence-corrected chi connectivity index (χ0v) is 9.03. The molecule has 2 N–H and O–H groups in total. The van der Waals surface area contributed by atoms with Gasteiger partial charge in [-0.3, -0.25) is 4.68 Å². The third-order valence-electron chi connectivity index (χ3n) is 1.93. The van der Waals surface area contributed by atoms with Gasteiger partial charge in [0, 0.05) is 20.3 Å². The molecule has 0 aliphatic carbocycles. The van der Waals surface area contributed by atoms with Gasteiger partial charge in [-0.25, -0.2) is 0 Å². The number of aromatic nitrogens is 3. The minimum atomic E-state index is -0.417. The Hall–Kier alpha value is -0.940. The van der Waals surface area contributed by atoms with Gasteiger partial charge in [0.05, 0.1) is 11.7 Å². The van der Waals surface area contributed by atoms with Crippen molar-refractivity contribution in [1.82, 2.24) is 15.0 Å². The smallest absolute Gasteiger partial charge is 0.102 e. The van der Waals surface area contributed by atoms with Crippen LogP contribution in [0, 0.1) is 0 Å². The SMILES string of the molecule is COCCCn1cc(C(C)(C)N)nn1. The largest absolute Gasteiger partial charge is 0.385 e. The summed E-state index contributed by atoms with van der Waals surface area (Å²) >= 11 is 0. The first-order valence-corrected chi connectivity index (χ1v) is 4.72. The molecule has 0 radical (unpaired) electrons. The van der Waals surface area contributed by atoms with Gasteiger partial charge >= 0.3 is 0 Å². The van der Waals surface area contributed by atoms with Crippen molar-refractivity contribution >= 4 is 0 Å². The van der Waals surface area contributed by atoms with Crippen molar-refractivity contribution in [2.45, 2.75) is 32.4 Å². The van der Waals surface area contributed by atoms with Crippen molar-refractivity contribution in [1.29, 1.82) is 0 Å². The highest BCUT2D eigenvalue weighted by atomic mass is 16.5. The number of methoxy groups -OCH3 is 1. The molecule has 0 spiro atoms. The highest BCUT2D eigenvalue weighted by molar-refractivity contribution is 5.05. The molecule has 1 rings (SSSR count). The van der Waals surface area contributed by atoms with Crippen molar-refractivity contribution in [3.8, 4) is 0 Å². The van der Waals surface area contributed by atoms with E-state index in [2.05, 4.69) is 10.3 Å². The topological polar surface area (TPSA) is 66.0 Å². The van der Waals surface area contributed by atoms with E-state index in [1.807, 2.05) is 20.0 Å². The van der Waals surface area contributed by atoms with Crippen LogP contribution in [0.4, 0.5) is 0 Å². The molecule has 0 bridgehead atoms. The molecular weight excluding hydrogens is 180 g/mol. The summed E-state index contributed by atoms with van der Waals surface area (Å²) in [6, 6.07) is 0. The predicted octanol–water partition coefficient (Wildman–Crippen LogP) is 0.508. The maximum Gasteiger partial charge on any atom is 0.102 e. The van der Waals surface area contributed by atoms with Crippen LogP contribution >= 0.6 is 0 Å². The number of rotatable bonds is 5. The van der Waals surface area contributed by atoms with Crippen LogP contribution in [0.25, 0.3) is 0 Å². The molecule has 0 saturated heterocycles. The number of nitrogens with two attached hydrogens (primary N) is 1. The lowest BCUT2D eigenvalue weighted by Crippen LogP contribution is -2.29. The average molecular weight is 198 g/mol. The Morgan fingerprint density at radius 1 is 1.57 bits per heavy atom. The Kier molecular flexibility index (Phi) is 3.60. The van der Waals surface area contributed by atoms with E-state index < -0.39 is 5.54 Å². The van der Waals surface area contributed by atoms with Crippen LogP contribution in [0.3, 0.4) is 0 Å². The Bertz CT molecular complexity index is 277. The molecule has 0 fully saturated rings. The van der Waals surface area contributed by atoms with Crippen molar-refractivity contribution in [3.05, 3.63) is 11.9 Å². The normalized spacial score (nSPS) is 12.0. The van der Waals surface area contributed by atoms with Gasteiger partial charge in [-0.1, -0.05) is 5.21 Å². The van der Waals surface area contributed by atoms with Crippen LogP contribution in [0.5, 0.6) is 0 Å². The van der Waals surface area contributed by atoms with Crippen molar-refractivity contribution in [2.24, 2.45) is 5.73 Å². The Labute approximate surface area is 84.2 Å². The highest BCUT2D eigenvalue weighted by Gasteiger charge is 2.17. The first-order valence-electron chi connectivity index (χ1n) is 4.72. The van der Waals surface area contributed by atoms with E-state index in [4.69, 9.17) is 10.5 Å². The fourth-order valence-corrected chi connectivity index (χ4v) is 1.07. The van der Waals surface area contributed by atoms with E-state index >= 15 is 0 Å². The molecule has 0 unspecified atom stereocenters. The zero-order chi connectivity index (χ0) is 10.6. The van der Waals surface area contributed by atoms with E-state index in [0.717, 1.165) is 25.3 Å². The monoisotopic (exact) mass is 198 g/mol. The van der Waals surface area contributed by atoms with Crippen LogP contribution < -0.4 is 5.73 Å². The molecule has 0 atom stereocenters. The maximum atomic E-state index is 5.88. The molecule has 0 amide bonds. The number of aryl methyl sites for hydroxylation is 1. The van der Waals surface area contributed by atoms with Gasteiger partial charge in [-0.15, -0.1) is 5.10 Å². The molecule has 5 heteroatoms. The molecule has 0 aliphatic heterocycles.